The van der Waals surface area contributed by atoms with Crippen LogP contribution in [-0.2, 0) is 16.6 Å². The van der Waals surface area contributed by atoms with E-state index in [1.165, 1.54) is 10.4 Å². The van der Waals surface area contributed by atoms with Crippen molar-refractivity contribution in [1.82, 2.24) is 4.72 Å². The highest BCUT2D eigenvalue weighted by Crippen LogP contribution is 2.26. The van der Waals surface area contributed by atoms with E-state index in [9.17, 15) is 8.42 Å². The highest BCUT2D eigenvalue weighted by molar-refractivity contribution is 9.11. The lowest BCUT2D eigenvalue weighted by Gasteiger charge is -2.08. The van der Waals surface area contributed by atoms with Crippen molar-refractivity contribution < 1.29 is 8.42 Å². The van der Waals surface area contributed by atoms with Gasteiger partial charge < -0.3 is 0 Å². The zero-order valence-electron chi connectivity index (χ0n) is 10.9. The van der Waals surface area contributed by atoms with E-state index in [2.05, 4.69) is 36.6 Å². The molecule has 20 heavy (non-hydrogen) atoms. The molecule has 0 aliphatic heterocycles. The fourth-order valence-corrected chi connectivity index (χ4v) is 5.25. The van der Waals surface area contributed by atoms with E-state index in [-0.39, 0.29) is 4.90 Å². The molecule has 0 unspecified atom stereocenters. The van der Waals surface area contributed by atoms with Crippen LogP contribution in [0.25, 0.3) is 0 Å². The van der Waals surface area contributed by atoms with Crippen LogP contribution in [0.1, 0.15) is 15.3 Å². The Balaban J connectivity index is 2.21. The molecule has 0 bridgehead atoms. The van der Waals surface area contributed by atoms with Crippen LogP contribution in [0, 0.1) is 13.8 Å². The molecule has 2 rings (SSSR count). The van der Waals surface area contributed by atoms with Crippen molar-refractivity contribution in [1.29, 1.82) is 0 Å². The number of thiophene rings is 1. The van der Waals surface area contributed by atoms with E-state index < -0.39 is 10.0 Å². The van der Waals surface area contributed by atoms with Crippen molar-refractivity contribution in [3.63, 3.8) is 0 Å². The minimum absolute atomic E-state index is 0.233. The lowest BCUT2D eigenvalue weighted by Crippen LogP contribution is -2.23. The van der Waals surface area contributed by atoms with Gasteiger partial charge in [-0.3, -0.25) is 0 Å². The summed E-state index contributed by atoms with van der Waals surface area (Å²) in [5, 5.41) is 0. The molecule has 0 aliphatic carbocycles. The Kier molecular flexibility index (Phi) is 5.07. The molecule has 3 nitrogen and oxygen atoms in total. The Hall–Kier alpha value is -0.210. The molecule has 7 heteroatoms. The van der Waals surface area contributed by atoms with Crippen LogP contribution in [0.5, 0.6) is 0 Å². The summed E-state index contributed by atoms with van der Waals surface area (Å²) in [6.45, 7) is 4.36. The van der Waals surface area contributed by atoms with Crippen LogP contribution in [0.4, 0.5) is 0 Å². The Bertz CT molecular complexity index is 719. The van der Waals surface area contributed by atoms with Gasteiger partial charge in [-0.05, 0) is 59.6 Å². The summed E-state index contributed by atoms with van der Waals surface area (Å²) in [6.07, 6.45) is 0. The Morgan fingerprint density at radius 2 is 1.90 bits per heavy atom. The number of aryl methyl sites for hydroxylation is 2. The summed E-state index contributed by atoms with van der Waals surface area (Å²) in [6, 6.07) is 7.09. The number of halogens is 2. The third kappa shape index (κ3) is 3.71. The van der Waals surface area contributed by atoms with Gasteiger partial charge in [-0.1, -0.05) is 15.9 Å². The number of nitrogens with one attached hydrogen (secondary N) is 1. The van der Waals surface area contributed by atoms with Crippen molar-refractivity contribution in [3.05, 3.63) is 48.5 Å². The zero-order chi connectivity index (χ0) is 14.9. The van der Waals surface area contributed by atoms with Gasteiger partial charge in [0.25, 0.3) is 0 Å². The second-order valence-electron chi connectivity index (χ2n) is 4.35. The van der Waals surface area contributed by atoms with Crippen LogP contribution in [-0.4, -0.2) is 8.42 Å². The molecule has 0 amide bonds. The fraction of sp³-hybridized carbons (Fsp3) is 0.231. The molecule has 0 spiro atoms. The van der Waals surface area contributed by atoms with E-state index in [0.29, 0.717) is 11.0 Å². The van der Waals surface area contributed by atoms with Crippen molar-refractivity contribution in [2.24, 2.45) is 0 Å². The van der Waals surface area contributed by atoms with E-state index in [1.54, 1.807) is 29.5 Å². The number of rotatable bonds is 4. The molecule has 2 aromatic rings. The van der Waals surface area contributed by atoms with Crippen LogP contribution < -0.4 is 4.72 Å². The van der Waals surface area contributed by atoms with Gasteiger partial charge in [0.15, 0.2) is 0 Å². The van der Waals surface area contributed by atoms with Gasteiger partial charge in [0.1, 0.15) is 0 Å². The molecule has 0 radical (unpaired) electrons. The predicted octanol–water partition coefficient (Wildman–Crippen LogP) is 4.37. The van der Waals surface area contributed by atoms with Crippen molar-refractivity contribution in [2.45, 2.75) is 25.3 Å². The molecule has 0 fully saturated rings. The van der Waals surface area contributed by atoms with Gasteiger partial charge in [0.05, 0.1) is 4.90 Å². The summed E-state index contributed by atoms with van der Waals surface area (Å²) in [5.41, 5.74) is 1.19. The first-order valence-corrected chi connectivity index (χ1v) is 9.69. The van der Waals surface area contributed by atoms with Crippen molar-refractivity contribution in [2.75, 3.05) is 0 Å². The van der Waals surface area contributed by atoms with Crippen LogP contribution in [0.2, 0.25) is 0 Å². The van der Waals surface area contributed by atoms with E-state index in [4.69, 9.17) is 0 Å². The molecule has 1 heterocycles. The summed E-state index contributed by atoms with van der Waals surface area (Å²) in [4.78, 5) is 2.45. The number of benzene rings is 1. The molecule has 0 saturated heterocycles. The zero-order valence-corrected chi connectivity index (χ0v) is 15.7. The van der Waals surface area contributed by atoms with E-state index in [1.807, 2.05) is 19.9 Å². The third-order valence-electron chi connectivity index (χ3n) is 2.84. The summed E-state index contributed by atoms with van der Waals surface area (Å²) < 4.78 is 28.5. The first-order chi connectivity index (χ1) is 9.29. The summed E-state index contributed by atoms with van der Waals surface area (Å²) >= 11 is 8.17. The Morgan fingerprint density at radius 3 is 2.50 bits per heavy atom. The highest BCUT2D eigenvalue weighted by Gasteiger charge is 2.18. The van der Waals surface area contributed by atoms with E-state index in [0.717, 1.165) is 9.35 Å². The fourth-order valence-electron chi connectivity index (χ4n) is 1.66. The Morgan fingerprint density at radius 1 is 1.20 bits per heavy atom. The monoisotopic (exact) mass is 437 g/mol. The van der Waals surface area contributed by atoms with Gasteiger partial charge in [-0.25, -0.2) is 13.1 Å². The van der Waals surface area contributed by atoms with Crippen LogP contribution in [0.15, 0.2) is 38.1 Å². The number of sulfonamides is 1. The summed E-state index contributed by atoms with van der Waals surface area (Å²) in [7, 11) is -3.54. The van der Waals surface area contributed by atoms with Gasteiger partial charge >= 0.3 is 0 Å². The Labute approximate surface area is 139 Å². The maximum atomic E-state index is 12.3. The maximum Gasteiger partial charge on any atom is 0.242 e. The topological polar surface area (TPSA) is 46.2 Å². The number of hydrogen-bond donors (Lipinski definition) is 1. The second kappa shape index (κ2) is 6.27. The molecule has 108 valence electrons. The standard InChI is InChI=1S/C13H13Br2NO2S2/c1-8-5-11(19-9(8)2)7-16-20(17,18)13-6-10(14)3-4-12(13)15/h3-6,16H,7H2,1-2H3. The minimum Gasteiger partial charge on any atom is -0.207 e. The molecule has 1 aromatic carbocycles. The van der Waals surface area contributed by atoms with Gasteiger partial charge in [-0.2, -0.15) is 0 Å². The average Bonchev–Trinajstić information content (AvgIpc) is 2.69. The first kappa shape index (κ1) is 16.2. The van der Waals surface area contributed by atoms with Crippen molar-refractivity contribution >= 4 is 53.2 Å². The normalized spacial score (nSPS) is 11.8. The first-order valence-electron chi connectivity index (χ1n) is 5.80. The highest BCUT2D eigenvalue weighted by atomic mass is 79.9. The molecular formula is C13H13Br2NO2S2. The van der Waals surface area contributed by atoms with Gasteiger partial charge in [-0.15, -0.1) is 11.3 Å². The lowest BCUT2D eigenvalue weighted by atomic mass is 10.3. The maximum absolute atomic E-state index is 12.3. The second-order valence-corrected chi connectivity index (χ2v) is 9.20. The molecular weight excluding hydrogens is 426 g/mol. The average molecular weight is 439 g/mol. The number of hydrogen-bond acceptors (Lipinski definition) is 3. The third-order valence-corrected chi connectivity index (χ3v) is 6.88. The molecule has 1 aromatic heterocycles. The largest absolute Gasteiger partial charge is 0.242 e. The minimum atomic E-state index is -3.54. The lowest BCUT2D eigenvalue weighted by molar-refractivity contribution is 0.581. The van der Waals surface area contributed by atoms with Crippen LogP contribution >= 0.6 is 43.2 Å². The smallest absolute Gasteiger partial charge is 0.207 e. The molecule has 1 N–H and O–H groups in total. The summed E-state index contributed by atoms with van der Waals surface area (Å²) in [5.74, 6) is 0. The molecule has 0 atom stereocenters. The van der Waals surface area contributed by atoms with E-state index >= 15 is 0 Å². The van der Waals surface area contributed by atoms with Gasteiger partial charge in [0, 0.05) is 25.2 Å². The molecule has 0 saturated carbocycles. The molecule has 0 aliphatic rings. The van der Waals surface area contributed by atoms with Crippen molar-refractivity contribution in [3.8, 4) is 0 Å². The quantitative estimate of drug-likeness (QED) is 0.770. The SMILES string of the molecule is Cc1cc(CNS(=O)(=O)c2cc(Br)ccc2Br)sc1C. The van der Waals surface area contributed by atoms with Gasteiger partial charge in [0.2, 0.25) is 10.0 Å². The predicted molar refractivity (Wildman–Crippen MR) is 89.7 cm³/mol. The van der Waals surface area contributed by atoms with Crippen LogP contribution in [0.3, 0.4) is 0 Å².